The SMILES string of the molecule is CC(CCc1nccn1C)NN. The van der Waals surface area contributed by atoms with Crippen LogP contribution in [0.3, 0.4) is 0 Å². The zero-order chi connectivity index (χ0) is 8.97. The molecule has 1 aromatic heterocycles. The molecule has 4 heteroatoms. The molecule has 0 fully saturated rings. The van der Waals surface area contributed by atoms with E-state index in [-0.39, 0.29) is 0 Å². The van der Waals surface area contributed by atoms with Crippen LogP contribution in [0.15, 0.2) is 12.4 Å². The monoisotopic (exact) mass is 168 g/mol. The Bertz CT molecular complexity index is 231. The van der Waals surface area contributed by atoms with Crippen molar-refractivity contribution in [3.63, 3.8) is 0 Å². The first-order chi connectivity index (χ1) is 5.74. The maximum absolute atomic E-state index is 5.27. The zero-order valence-corrected chi connectivity index (χ0v) is 7.62. The lowest BCUT2D eigenvalue weighted by Crippen LogP contribution is -2.32. The number of nitrogens with zero attached hydrogens (tertiary/aromatic N) is 2. The Labute approximate surface area is 72.8 Å². The molecule has 68 valence electrons. The van der Waals surface area contributed by atoms with Crippen LogP contribution in [0.1, 0.15) is 19.2 Å². The standard InChI is InChI=1S/C8H16N4/c1-7(11-9)3-4-8-10-5-6-12(8)2/h5-7,11H,3-4,9H2,1-2H3. The van der Waals surface area contributed by atoms with E-state index >= 15 is 0 Å². The fourth-order valence-corrected chi connectivity index (χ4v) is 1.07. The molecule has 0 bridgehead atoms. The number of rotatable bonds is 4. The molecule has 0 aliphatic carbocycles. The summed E-state index contributed by atoms with van der Waals surface area (Å²) in [7, 11) is 2.00. The summed E-state index contributed by atoms with van der Waals surface area (Å²) in [5, 5.41) is 0. The molecular weight excluding hydrogens is 152 g/mol. The number of hydrogen-bond donors (Lipinski definition) is 2. The summed E-state index contributed by atoms with van der Waals surface area (Å²) >= 11 is 0. The van der Waals surface area contributed by atoms with E-state index in [2.05, 4.69) is 17.3 Å². The van der Waals surface area contributed by atoms with Crippen molar-refractivity contribution in [1.29, 1.82) is 0 Å². The number of aryl methyl sites for hydroxylation is 2. The topological polar surface area (TPSA) is 55.9 Å². The maximum Gasteiger partial charge on any atom is 0.108 e. The van der Waals surface area contributed by atoms with E-state index in [1.165, 1.54) is 0 Å². The third kappa shape index (κ3) is 2.32. The van der Waals surface area contributed by atoms with Gasteiger partial charge < -0.3 is 4.57 Å². The molecule has 0 spiro atoms. The van der Waals surface area contributed by atoms with Gasteiger partial charge in [0.1, 0.15) is 5.82 Å². The number of imidazole rings is 1. The van der Waals surface area contributed by atoms with Crippen LogP contribution in [0.2, 0.25) is 0 Å². The van der Waals surface area contributed by atoms with Gasteiger partial charge in [-0.25, -0.2) is 4.98 Å². The van der Waals surface area contributed by atoms with Gasteiger partial charge in [0.15, 0.2) is 0 Å². The van der Waals surface area contributed by atoms with Gasteiger partial charge in [0, 0.05) is 31.9 Å². The second-order valence-corrected chi connectivity index (χ2v) is 3.06. The predicted octanol–water partition coefficient (Wildman–Crippen LogP) is 0.205. The van der Waals surface area contributed by atoms with E-state index in [0.717, 1.165) is 18.7 Å². The third-order valence-electron chi connectivity index (χ3n) is 2.01. The molecule has 0 aliphatic heterocycles. The molecule has 12 heavy (non-hydrogen) atoms. The molecule has 1 aromatic rings. The third-order valence-corrected chi connectivity index (χ3v) is 2.01. The minimum Gasteiger partial charge on any atom is -0.338 e. The molecule has 0 aliphatic rings. The van der Waals surface area contributed by atoms with Crippen LogP contribution in [0.4, 0.5) is 0 Å². The smallest absolute Gasteiger partial charge is 0.108 e. The van der Waals surface area contributed by atoms with Crippen LogP contribution < -0.4 is 11.3 Å². The van der Waals surface area contributed by atoms with Crippen molar-refractivity contribution in [2.45, 2.75) is 25.8 Å². The highest BCUT2D eigenvalue weighted by Gasteiger charge is 2.02. The van der Waals surface area contributed by atoms with Gasteiger partial charge in [0.05, 0.1) is 0 Å². The Morgan fingerprint density at radius 3 is 3.00 bits per heavy atom. The van der Waals surface area contributed by atoms with E-state index in [0.29, 0.717) is 6.04 Å². The number of aromatic nitrogens is 2. The zero-order valence-electron chi connectivity index (χ0n) is 7.62. The fraction of sp³-hybridized carbons (Fsp3) is 0.625. The van der Waals surface area contributed by atoms with E-state index in [4.69, 9.17) is 5.84 Å². The highest BCUT2D eigenvalue weighted by Crippen LogP contribution is 2.00. The number of hydrazine groups is 1. The molecule has 0 radical (unpaired) electrons. The van der Waals surface area contributed by atoms with Gasteiger partial charge in [-0.05, 0) is 13.3 Å². The largest absolute Gasteiger partial charge is 0.338 e. The molecular formula is C8H16N4. The number of nitrogens with one attached hydrogen (secondary N) is 1. The maximum atomic E-state index is 5.27. The lowest BCUT2D eigenvalue weighted by molar-refractivity contribution is 0.521. The first-order valence-corrected chi connectivity index (χ1v) is 4.16. The van der Waals surface area contributed by atoms with Gasteiger partial charge in [0.2, 0.25) is 0 Å². The van der Waals surface area contributed by atoms with E-state index in [1.807, 2.05) is 24.0 Å². The Hall–Kier alpha value is -0.870. The van der Waals surface area contributed by atoms with Crippen LogP contribution in [0.5, 0.6) is 0 Å². The van der Waals surface area contributed by atoms with Gasteiger partial charge in [0.25, 0.3) is 0 Å². The predicted molar refractivity (Wildman–Crippen MR) is 48.3 cm³/mol. The van der Waals surface area contributed by atoms with E-state index in [1.54, 1.807) is 0 Å². The van der Waals surface area contributed by atoms with Gasteiger partial charge in [-0.15, -0.1) is 0 Å². The second kappa shape index (κ2) is 4.23. The molecule has 0 amide bonds. The van der Waals surface area contributed by atoms with Crippen molar-refractivity contribution in [1.82, 2.24) is 15.0 Å². The molecule has 3 N–H and O–H groups in total. The number of nitrogens with two attached hydrogens (primary N) is 1. The molecule has 1 atom stereocenters. The molecule has 1 unspecified atom stereocenters. The molecule has 1 heterocycles. The minimum absolute atomic E-state index is 0.349. The van der Waals surface area contributed by atoms with Crippen LogP contribution in [0.25, 0.3) is 0 Å². The summed E-state index contributed by atoms with van der Waals surface area (Å²) < 4.78 is 2.03. The van der Waals surface area contributed by atoms with Crippen LogP contribution in [0, 0.1) is 0 Å². The molecule has 0 saturated heterocycles. The highest BCUT2D eigenvalue weighted by molar-refractivity contribution is 4.91. The van der Waals surface area contributed by atoms with Crippen molar-refractivity contribution in [2.75, 3.05) is 0 Å². The highest BCUT2D eigenvalue weighted by atomic mass is 15.2. The Balaban J connectivity index is 2.38. The summed E-state index contributed by atoms with van der Waals surface area (Å²) in [6, 6.07) is 0.349. The van der Waals surface area contributed by atoms with Crippen molar-refractivity contribution in [3.8, 4) is 0 Å². The Kier molecular flexibility index (Phi) is 3.25. The van der Waals surface area contributed by atoms with Crippen LogP contribution >= 0.6 is 0 Å². The fourth-order valence-electron chi connectivity index (χ4n) is 1.07. The van der Waals surface area contributed by atoms with Crippen molar-refractivity contribution >= 4 is 0 Å². The van der Waals surface area contributed by atoms with Gasteiger partial charge >= 0.3 is 0 Å². The summed E-state index contributed by atoms with van der Waals surface area (Å²) in [6.07, 6.45) is 5.75. The van der Waals surface area contributed by atoms with Gasteiger partial charge in [-0.3, -0.25) is 11.3 Å². The molecule has 0 aromatic carbocycles. The Morgan fingerprint density at radius 2 is 2.50 bits per heavy atom. The summed E-state index contributed by atoms with van der Waals surface area (Å²) in [6.45, 7) is 2.06. The van der Waals surface area contributed by atoms with Crippen LogP contribution in [-0.4, -0.2) is 15.6 Å². The summed E-state index contributed by atoms with van der Waals surface area (Å²) in [4.78, 5) is 4.22. The first-order valence-electron chi connectivity index (χ1n) is 4.16. The normalized spacial score (nSPS) is 13.2. The number of hydrogen-bond acceptors (Lipinski definition) is 3. The van der Waals surface area contributed by atoms with Gasteiger partial charge in [-0.2, -0.15) is 0 Å². The van der Waals surface area contributed by atoms with Gasteiger partial charge in [-0.1, -0.05) is 0 Å². The molecule has 4 nitrogen and oxygen atoms in total. The average Bonchev–Trinajstić information content (AvgIpc) is 2.47. The first kappa shape index (κ1) is 9.22. The molecule has 0 saturated carbocycles. The quantitative estimate of drug-likeness (QED) is 0.499. The lowest BCUT2D eigenvalue weighted by atomic mass is 10.2. The van der Waals surface area contributed by atoms with Crippen molar-refractivity contribution in [3.05, 3.63) is 18.2 Å². The summed E-state index contributed by atoms with van der Waals surface area (Å²) in [5.41, 5.74) is 2.71. The van der Waals surface area contributed by atoms with Crippen molar-refractivity contribution < 1.29 is 0 Å². The second-order valence-electron chi connectivity index (χ2n) is 3.06. The molecule has 1 rings (SSSR count). The lowest BCUT2D eigenvalue weighted by Gasteiger charge is -2.08. The summed E-state index contributed by atoms with van der Waals surface area (Å²) in [5.74, 6) is 6.38. The van der Waals surface area contributed by atoms with E-state index in [9.17, 15) is 0 Å². The average molecular weight is 168 g/mol. The van der Waals surface area contributed by atoms with Crippen molar-refractivity contribution in [2.24, 2.45) is 12.9 Å². The van der Waals surface area contributed by atoms with E-state index < -0.39 is 0 Å². The minimum atomic E-state index is 0.349. The van der Waals surface area contributed by atoms with Crippen LogP contribution in [-0.2, 0) is 13.5 Å². The Morgan fingerprint density at radius 1 is 1.75 bits per heavy atom.